The first-order valence-electron chi connectivity index (χ1n) is 13.2. The van der Waals surface area contributed by atoms with Gasteiger partial charge in [0.05, 0.1) is 17.7 Å². The van der Waals surface area contributed by atoms with Gasteiger partial charge in [-0.05, 0) is 69.3 Å². The van der Waals surface area contributed by atoms with Gasteiger partial charge in [0.2, 0.25) is 21.9 Å². The van der Waals surface area contributed by atoms with E-state index in [0.29, 0.717) is 40.2 Å². The molecule has 0 amide bonds. The van der Waals surface area contributed by atoms with Crippen molar-refractivity contribution in [3.05, 3.63) is 41.4 Å². The van der Waals surface area contributed by atoms with Gasteiger partial charge in [0, 0.05) is 25.6 Å². The van der Waals surface area contributed by atoms with Gasteiger partial charge in [-0.3, -0.25) is 9.29 Å². The number of sulfonamides is 1. The maximum Gasteiger partial charge on any atom is 0.240 e. The Labute approximate surface area is 232 Å². The van der Waals surface area contributed by atoms with Gasteiger partial charge in [-0.15, -0.1) is 10.2 Å². The summed E-state index contributed by atoms with van der Waals surface area (Å²) in [5.41, 5.74) is 0.305. The van der Waals surface area contributed by atoms with E-state index < -0.39 is 21.4 Å². The summed E-state index contributed by atoms with van der Waals surface area (Å²) in [6.07, 6.45) is 8.54. The van der Waals surface area contributed by atoms with Crippen molar-refractivity contribution in [2.75, 3.05) is 18.9 Å². The Morgan fingerprint density at radius 2 is 1.69 bits per heavy atom. The summed E-state index contributed by atoms with van der Waals surface area (Å²) in [4.78, 5) is 13.0. The normalized spacial score (nSPS) is 27.3. The molecule has 0 aliphatic heterocycles. The van der Waals surface area contributed by atoms with Crippen LogP contribution in [-0.2, 0) is 20.3 Å². The number of pyridine rings is 1. The summed E-state index contributed by atoms with van der Waals surface area (Å²) in [5, 5.41) is 8.20. The first-order valence-corrected chi connectivity index (χ1v) is 15.1. The Kier molecular flexibility index (Phi) is 6.75. The van der Waals surface area contributed by atoms with E-state index in [1.165, 1.54) is 38.8 Å². The largest absolute Gasteiger partial charge is 0.481 e. The first kappa shape index (κ1) is 26.4. The predicted octanol–water partition coefficient (Wildman–Crippen LogP) is 4.24. The number of ether oxygens (including phenoxy) is 2. The molecule has 208 valence electrons. The average molecular weight is 574 g/mol. The highest BCUT2D eigenvalue weighted by Gasteiger charge is 2.54. The molecule has 4 aliphatic carbocycles. The molecule has 1 N–H and O–H groups in total. The molecule has 2 atom stereocenters. The highest BCUT2D eigenvalue weighted by atomic mass is 35.5. The van der Waals surface area contributed by atoms with E-state index in [2.05, 4.69) is 29.9 Å². The van der Waals surface area contributed by atoms with Crippen LogP contribution in [0.1, 0.15) is 57.4 Å². The Bertz CT molecular complexity index is 1430. The SMILES string of the molecule is COc1cccc(-c2nnc(NS(=O)(=O)[C@@H](C)[C@H](OC)c3ncc(Cl)cn3)n2C23CC4CC(CC(C4)C2)C3)n1. The number of hydrogen-bond donors (Lipinski definition) is 1. The zero-order valence-electron chi connectivity index (χ0n) is 22.1. The molecule has 7 rings (SSSR count). The zero-order valence-corrected chi connectivity index (χ0v) is 23.7. The summed E-state index contributed by atoms with van der Waals surface area (Å²) >= 11 is 5.93. The summed E-state index contributed by atoms with van der Waals surface area (Å²) in [6, 6.07) is 5.47. The number of hydrogen-bond acceptors (Lipinski definition) is 9. The van der Waals surface area contributed by atoms with Crippen molar-refractivity contribution in [3.8, 4) is 17.4 Å². The molecule has 4 bridgehead atoms. The molecule has 3 aromatic rings. The molecule has 3 heterocycles. The third kappa shape index (κ3) is 4.76. The highest BCUT2D eigenvalue weighted by molar-refractivity contribution is 7.93. The van der Waals surface area contributed by atoms with Crippen molar-refractivity contribution in [3.63, 3.8) is 0 Å². The molecule has 4 aliphatic rings. The molecule has 39 heavy (non-hydrogen) atoms. The van der Waals surface area contributed by atoms with Gasteiger partial charge in [0.15, 0.2) is 11.6 Å². The van der Waals surface area contributed by atoms with Gasteiger partial charge in [0.25, 0.3) is 0 Å². The second-order valence-electron chi connectivity index (χ2n) is 11.2. The minimum Gasteiger partial charge on any atom is -0.481 e. The third-order valence-electron chi connectivity index (χ3n) is 8.60. The number of halogens is 1. The number of anilines is 1. The Morgan fingerprint density at radius 1 is 1.05 bits per heavy atom. The summed E-state index contributed by atoms with van der Waals surface area (Å²) < 4.78 is 43.2. The lowest BCUT2D eigenvalue weighted by atomic mass is 9.53. The molecule has 4 fully saturated rings. The lowest BCUT2D eigenvalue weighted by Gasteiger charge is -2.57. The molecule has 0 spiro atoms. The van der Waals surface area contributed by atoms with E-state index in [-0.39, 0.29) is 17.3 Å². The molecule has 4 saturated carbocycles. The van der Waals surface area contributed by atoms with Gasteiger partial charge in [-0.1, -0.05) is 17.7 Å². The van der Waals surface area contributed by atoms with Gasteiger partial charge in [0.1, 0.15) is 17.0 Å². The number of aromatic nitrogens is 6. The van der Waals surface area contributed by atoms with E-state index in [4.69, 9.17) is 21.1 Å². The van der Waals surface area contributed by atoms with Crippen molar-refractivity contribution in [1.82, 2.24) is 29.7 Å². The summed E-state index contributed by atoms with van der Waals surface area (Å²) in [6.45, 7) is 1.56. The molecular formula is C26H32ClN7O4S. The van der Waals surface area contributed by atoms with Gasteiger partial charge < -0.3 is 9.47 Å². The number of nitrogens with zero attached hydrogens (tertiary/aromatic N) is 6. The van der Waals surface area contributed by atoms with Crippen LogP contribution in [0.4, 0.5) is 5.95 Å². The Hall–Kier alpha value is -2.83. The van der Waals surface area contributed by atoms with Crippen molar-refractivity contribution in [1.29, 1.82) is 0 Å². The monoisotopic (exact) mass is 573 g/mol. The summed E-state index contributed by atoms with van der Waals surface area (Å²) in [7, 11) is -1.02. The molecule has 13 heteroatoms. The smallest absolute Gasteiger partial charge is 0.240 e. The number of methoxy groups -OCH3 is 2. The van der Waals surface area contributed by atoms with Crippen LogP contribution >= 0.6 is 11.6 Å². The molecular weight excluding hydrogens is 542 g/mol. The molecule has 0 unspecified atom stereocenters. The second kappa shape index (κ2) is 9.97. The number of nitrogens with one attached hydrogen (secondary N) is 1. The van der Waals surface area contributed by atoms with E-state index >= 15 is 0 Å². The van der Waals surface area contributed by atoms with Crippen LogP contribution in [0.25, 0.3) is 11.5 Å². The maximum atomic E-state index is 13.8. The highest BCUT2D eigenvalue weighted by Crippen LogP contribution is 2.60. The standard InChI is InChI=1S/C26H32ClN7O4S/c1-15(22(38-3)23-28-13-19(27)14-29-23)39(35,36)33-25-32-31-24(20-5-4-6-21(30-20)37-2)34(25)26-10-16-7-17(11-26)9-18(8-16)12-26/h4-6,13-18,22H,7-12H2,1-3H3,(H,32,33)/t15-,16?,17?,18?,22-,26?/m0/s1. The second-order valence-corrected chi connectivity index (χ2v) is 13.6. The van der Waals surface area contributed by atoms with Crippen molar-refractivity contribution >= 4 is 27.6 Å². The fourth-order valence-electron chi connectivity index (χ4n) is 7.32. The molecule has 0 radical (unpaired) electrons. The Morgan fingerprint density at radius 3 is 2.28 bits per heavy atom. The molecule has 3 aromatic heterocycles. The average Bonchev–Trinajstić information content (AvgIpc) is 3.33. The Balaban J connectivity index is 1.40. The summed E-state index contributed by atoms with van der Waals surface area (Å²) in [5.74, 6) is 3.26. The lowest BCUT2D eigenvalue weighted by molar-refractivity contribution is -0.0413. The van der Waals surface area contributed by atoms with Crippen LogP contribution in [0.2, 0.25) is 5.02 Å². The van der Waals surface area contributed by atoms with Crippen LogP contribution in [0.15, 0.2) is 30.6 Å². The topological polar surface area (TPSA) is 134 Å². The van der Waals surface area contributed by atoms with E-state index in [0.717, 1.165) is 19.3 Å². The van der Waals surface area contributed by atoms with Crippen molar-refractivity contribution in [2.24, 2.45) is 17.8 Å². The van der Waals surface area contributed by atoms with Gasteiger partial charge in [-0.25, -0.2) is 23.4 Å². The van der Waals surface area contributed by atoms with Crippen LogP contribution in [0.3, 0.4) is 0 Å². The fraction of sp³-hybridized carbons (Fsp3) is 0.577. The maximum absolute atomic E-state index is 13.8. The van der Waals surface area contributed by atoms with Crippen LogP contribution < -0.4 is 9.46 Å². The van der Waals surface area contributed by atoms with Crippen LogP contribution in [0.5, 0.6) is 5.88 Å². The van der Waals surface area contributed by atoms with E-state index in [1.54, 1.807) is 20.1 Å². The van der Waals surface area contributed by atoms with Crippen LogP contribution in [0, 0.1) is 17.8 Å². The minimum atomic E-state index is -4.01. The van der Waals surface area contributed by atoms with Crippen molar-refractivity contribution in [2.45, 2.75) is 62.3 Å². The van der Waals surface area contributed by atoms with Crippen molar-refractivity contribution < 1.29 is 17.9 Å². The van der Waals surface area contributed by atoms with Crippen LogP contribution in [-0.4, -0.2) is 57.6 Å². The number of rotatable bonds is 9. The fourth-order valence-corrected chi connectivity index (χ4v) is 8.54. The zero-order chi connectivity index (χ0) is 27.4. The van der Waals surface area contributed by atoms with Gasteiger partial charge in [-0.2, -0.15) is 0 Å². The molecule has 0 saturated heterocycles. The van der Waals surface area contributed by atoms with E-state index in [9.17, 15) is 8.42 Å². The minimum absolute atomic E-state index is 0.190. The van der Waals surface area contributed by atoms with Gasteiger partial charge >= 0.3 is 0 Å². The lowest BCUT2D eigenvalue weighted by Crippen LogP contribution is -2.52. The quantitative estimate of drug-likeness (QED) is 0.399. The molecule has 0 aromatic carbocycles. The first-order chi connectivity index (χ1) is 18.7. The molecule has 11 nitrogen and oxygen atoms in total. The predicted molar refractivity (Wildman–Crippen MR) is 145 cm³/mol. The third-order valence-corrected chi connectivity index (χ3v) is 10.5. The van der Waals surface area contributed by atoms with E-state index in [1.807, 2.05) is 16.7 Å².